The normalized spacial score (nSPS) is 12.0. The predicted molar refractivity (Wildman–Crippen MR) is 83.0 cm³/mol. The minimum absolute atomic E-state index is 0.00727. The van der Waals surface area contributed by atoms with Crippen LogP contribution in [0.25, 0.3) is 0 Å². The molecule has 1 atom stereocenters. The summed E-state index contributed by atoms with van der Waals surface area (Å²) in [5, 5.41) is 3.85. The zero-order valence-corrected chi connectivity index (χ0v) is 13.2. The number of benzene rings is 1. The van der Waals surface area contributed by atoms with Crippen molar-refractivity contribution in [2.75, 3.05) is 12.4 Å². The number of anilines is 1. The highest BCUT2D eigenvalue weighted by Gasteiger charge is 2.15. The number of hydrogen-bond donors (Lipinski definition) is 1. The maximum absolute atomic E-state index is 11.6. The SMILES string of the molecule is COC(=O)c1ccc(Cl)c(NC(C)c2cc(C)oc2C)c1. The maximum atomic E-state index is 11.6. The lowest BCUT2D eigenvalue weighted by atomic mass is 10.1. The highest BCUT2D eigenvalue weighted by Crippen LogP contribution is 2.29. The molecule has 1 unspecified atom stereocenters. The fourth-order valence-corrected chi connectivity index (χ4v) is 2.44. The van der Waals surface area contributed by atoms with E-state index in [0.29, 0.717) is 16.3 Å². The lowest BCUT2D eigenvalue weighted by Gasteiger charge is -2.16. The van der Waals surface area contributed by atoms with Crippen molar-refractivity contribution in [3.63, 3.8) is 0 Å². The van der Waals surface area contributed by atoms with Crippen molar-refractivity contribution in [2.24, 2.45) is 0 Å². The highest BCUT2D eigenvalue weighted by molar-refractivity contribution is 6.33. The standard InChI is InChI=1S/C16H18ClNO3/c1-9-7-13(11(3)21-9)10(2)18-15-8-12(16(19)20-4)5-6-14(15)17/h5-8,10,18H,1-4H3. The molecule has 1 N–H and O–H groups in total. The molecule has 0 saturated carbocycles. The Bertz CT molecular complexity index is 664. The third-order valence-electron chi connectivity index (χ3n) is 3.31. The van der Waals surface area contributed by atoms with Crippen LogP contribution >= 0.6 is 11.6 Å². The Labute approximate surface area is 129 Å². The average Bonchev–Trinajstić information content (AvgIpc) is 2.79. The molecule has 0 spiro atoms. The number of carbonyl (C=O) groups is 1. The fourth-order valence-electron chi connectivity index (χ4n) is 2.27. The number of halogens is 1. The first-order chi connectivity index (χ1) is 9.92. The molecule has 0 fully saturated rings. The Balaban J connectivity index is 2.26. The number of aryl methyl sites for hydroxylation is 2. The Kier molecular flexibility index (Phi) is 4.58. The maximum Gasteiger partial charge on any atom is 0.337 e. The van der Waals surface area contributed by atoms with Crippen molar-refractivity contribution in [1.82, 2.24) is 0 Å². The minimum Gasteiger partial charge on any atom is -0.466 e. The van der Waals surface area contributed by atoms with E-state index in [-0.39, 0.29) is 6.04 Å². The van der Waals surface area contributed by atoms with E-state index in [1.165, 1.54) is 7.11 Å². The fraction of sp³-hybridized carbons (Fsp3) is 0.312. The van der Waals surface area contributed by atoms with Gasteiger partial charge in [0.2, 0.25) is 0 Å². The predicted octanol–water partition coefficient (Wildman–Crippen LogP) is 4.51. The zero-order valence-electron chi connectivity index (χ0n) is 12.5. The lowest BCUT2D eigenvalue weighted by molar-refractivity contribution is 0.0601. The third kappa shape index (κ3) is 3.39. The van der Waals surface area contributed by atoms with Gasteiger partial charge in [0.05, 0.1) is 29.4 Å². The van der Waals surface area contributed by atoms with Crippen LogP contribution in [0.15, 0.2) is 28.7 Å². The summed E-state index contributed by atoms with van der Waals surface area (Å²) in [6.45, 7) is 5.85. The van der Waals surface area contributed by atoms with Crippen LogP contribution in [0.4, 0.5) is 5.69 Å². The van der Waals surface area contributed by atoms with Crippen LogP contribution in [0.2, 0.25) is 5.02 Å². The third-order valence-corrected chi connectivity index (χ3v) is 3.63. The molecule has 1 aromatic carbocycles. The number of rotatable bonds is 4. The van der Waals surface area contributed by atoms with Crippen molar-refractivity contribution in [3.05, 3.63) is 51.9 Å². The topological polar surface area (TPSA) is 51.5 Å². The van der Waals surface area contributed by atoms with Crippen molar-refractivity contribution in [3.8, 4) is 0 Å². The minimum atomic E-state index is -0.391. The van der Waals surface area contributed by atoms with Gasteiger partial charge in [0.15, 0.2) is 0 Å². The largest absolute Gasteiger partial charge is 0.466 e. The summed E-state index contributed by atoms with van der Waals surface area (Å²) in [6.07, 6.45) is 0. The van der Waals surface area contributed by atoms with Crippen LogP contribution in [0.3, 0.4) is 0 Å². The van der Waals surface area contributed by atoms with Gasteiger partial charge in [-0.1, -0.05) is 11.6 Å². The molecule has 0 aliphatic carbocycles. The lowest BCUT2D eigenvalue weighted by Crippen LogP contribution is -2.09. The summed E-state index contributed by atoms with van der Waals surface area (Å²) in [5.74, 6) is 1.34. The molecule has 4 nitrogen and oxygen atoms in total. The van der Waals surface area contributed by atoms with Crippen LogP contribution in [0.1, 0.15) is 40.4 Å². The molecule has 0 radical (unpaired) electrons. The second-order valence-corrected chi connectivity index (χ2v) is 5.33. The van der Waals surface area contributed by atoms with Gasteiger partial charge < -0.3 is 14.5 Å². The first-order valence-corrected chi connectivity index (χ1v) is 7.01. The van der Waals surface area contributed by atoms with E-state index < -0.39 is 5.97 Å². The Morgan fingerprint density at radius 3 is 2.62 bits per heavy atom. The summed E-state index contributed by atoms with van der Waals surface area (Å²) in [7, 11) is 1.35. The molecule has 2 rings (SSSR count). The van der Waals surface area contributed by atoms with Gasteiger partial charge in [-0.3, -0.25) is 0 Å². The Morgan fingerprint density at radius 1 is 1.33 bits per heavy atom. The number of carbonyl (C=O) groups excluding carboxylic acids is 1. The van der Waals surface area contributed by atoms with E-state index in [1.54, 1.807) is 18.2 Å². The van der Waals surface area contributed by atoms with Gasteiger partial charge in [0, 0.05) is 5.56 Å². The van der Waals surface area contributed by atoms with Crippen molar-refractivity contribution in [1.29, 1.82) is 0 Å². The average molecular weight is 308 g/mol. The van der Waals surface area contributed by atoms with Gasteiger partial charge in [0.1, 0.15) is 11.5 Å². The van der Waals surface area contributed by atoms with Crippen molar-refractivity contribution >= 4 is 23.3 Å². The summed E-state index contributed by atoms with van der Waals surface area (Å²) in [4.78, 5) is 11.6. The Hall–Kier alpha value is -1.94. The second kappa shape index (κ2) is 6.22. The number of nitrogens with one attached hydrogen (secondary N) is 1. The molecule has 0 saturated heterocycles. The molecule has 21 heavy (non-hydrogen) atoms. The van der Waals surface area contributed by atoms with Crippen LogP contribution < -0.4 is 5.32 Å². The highest BCUT2D eigenvalue weighted by atomic mass is 35.5. The van der Waals surface area contributed by atoms with Crippen LogP contribution in [-0.2, 0) is 4.74 Å². The van der Waals surface area contributed by atoms with Crippen molar-refractivity contribution < 1.29 is 13.9 Å². The number of ether oxygens (including phenoxy) is 1. The van der Waals surface area contributed by atoms with Gasteiger partial charge >= 0.3 is 5.97 Å². The molecule has 0 aliphatic heterocycles. The van der Waals surface area contributed by atoms with E-state index >= 15 is 0 Å². The molecule has 1 aromatic heterocycles. The molecule has 112 valence electrons. The van der Waals surface area contributed by atoms with Crippen LogP contribution in [0, 0.1) is 13.8 Å². The summed E-state index contributed by atoms with van der Waals surface area (Å²) in [6, 6.07) is 7.00. The zero-order chi connectivity index (χ0) is 15.6. The smallest absolute Gasteiger partial charge is 0.337 e. The molecule has 0 aliphatic rings. The van der Waals surface area contributed by atoms with Gasteiger partial charge in [0.25, 0.3) is 0 Å². The van der Waals surface area contributed by atoms with E-state index in [0.717, 1.165) is 17.1 Å². The molecular formula is C16H18ClNO3. The molecular weight excluding hydrogens is 290 g/mol. The van der Waals surface area contributed by atoms with Gasteiger partial charge in [-0.2, -0.15) is 0 Å². The number of esters is 1. The van der Waals surface area contributed by atoms with Gasteiger partial charge in [-0.05, 0) is 45.0 Å². The molecule has 2 aromatic rings. The summed E-state index contributed by atoms with van der Waals surface area (Å²) in [5.41, 5.74) is 2.20. The van der Waals surface area contributed by atoms with E-state index in [1.807, 2.05) is 26.8 Å². The monoisotopic (exact) mass is 307 g/mol. The summed E-state index contributed by atoms with van der Waals surface area (Å²) >= 11 is 6.18. The van der Waals surface area contributed by atoms with E-state index in [9.17, 15) is 4.79 Å². The molecule has 1 heterocycles. The molecule has 5 heteroatoms. The van der Waals surface area contributed by atoms with Gasteiger partial charge in [-0.25, -0.2) is 4.79 Å². The number of furan rings is 1. The molecule has 0 bridgehead atoms. The summed E-state index contributed by atoms with van der Waals surface area (Å²) < 4.78 is 10.3. The second-order valence-electron chi connectivity index (χ2n) is 4.92. The molecule has 0 amide bonds. The van der Waals surface area contributed by atoms with Crippen LogP contribution in [-0.4, -0.2) is 13.1 Å². The van der Waals surface area contributed by atoms with Crippen LogP contribution in [0.5, 0.6) is 0 Å². The van der Waals surface area contributed by atoms with Crippen molar-refractivity contribution in [2.45, 2.75) is 26.8 Å². The van der Waals surface area contributed by atoms with E-state index in [2.05, 4.69) is 5.32 Å². The first-order valence-electron chi connectivity index (χ1n) is 6.63. The van der Waals surface area contributed by atoms with Gasteiger partial charge in [-0.15, -0.1) is 0 Å². The number of hydrogen-bond acceptors (Lipinski definition) is 4. The first kappa shape index (κ1) is 15.4. The van der Waals surface area contributed by atoms with E-state index in [4.69, 9.17) is 20.8 Å². The number of methoxy groups -OCH3 is 1. The quantitative estimate of drug-likeness (QED) is 0.844. The Morgan fingerprint density at radius 2 is 2.05 bits per heavy atom.